The highest BCUT2D eigenvalue weighted by atomic mass is 32.2. The molecule has 1 aromatic rings. The predicted molar refractivity (Wildman–Crippen MR) is 79.0 cm³/mol. The van der Waals surface area contributed by atoms with Crippen molar-refractivity contribution >= 4 is 22.0 Å². The molecule has 0 aliphatic rings. The van der Waals surface area contributed by atoms with E-state index in [4.69, 9.17) is 10.2 Å². The molecule has 0 amide bonds. The Balaban J connectivity index is 2.91. The van der Waals surface area contributed by atoms with Gasteiger partial charge in [-0.3, -0.25) is 9.59 Å². The van der Waals surface area contributed by atoms with E-state index in [1.807, 2.05) is 6.92 Å². The zero-order chi connectivity index (χ0) is 17.0. The molecule has 0 aliphatic heterocycles. The van der Waals surface area contributed by atoms with Crippen LogP contribution in [-0.4, -0.2) is 37.1 Å². The van der Waals surface area contributed by atoms with Crippen LogP contribution in [0.4, 0.5) is 0 Å². The third-order valence-corrected chi connectivity index (χ3v) is 4.77. The zero-order valence-corrected chi connectivity index (χ0v) is 13.2. The van der Waals surface area contributed by atoms with Crippen LogP contribution < -0.4 is 4.72 Å². The molecule has 0 bridgehead atoms. The molecule has 3 N–H and O–H groups in total. The quantitative estimate of drug-likeness (QED) is 0.656. The summed E-state index contributed by atoms with van der Waals surface area (Å²) in [6.45, 7) is 2.62. The summed E-state index contributed by atoms with van der Waals surface area (Å²) in [6, 6.07) is 6.19. The molecule has 0 saturated carbocycles. The van der Waals surface area contributed by atoms with E-state index in [2.05, 4.69) is 4.72 Å². The van der Waals surface area contributed by atoms with Crippen molar-refractivity contribution < 1.29 is 28.2 Å². The molecule has 1 aromatic carbocycles. The number of hydrogen-bond acceptors (Lipinski definition) is 4. The maximum absolute atomic E-state index is 12.1. The minimum absolute atomic E-state index is 0.00719. The van der Waals surface area contributed by atoms with Crippen molar-refractivity contribution in [3.8, 4) is 0 Å². The standard InChI is InChI=1S/C14H19NO6S/c1-3-10-4-6-11(7-5-10)22(20,21)15-9-14(2,13(18)19)8-12(16)17/h4-7,15H,3,8-9H2,1-2H3,(H,16,17)(H,18,19). The molecule has 0 fully saturated rings. The third kappa shape index (κ3) is 4.54. The summed E-state index contributed by atoms with van der Waals surface area (Å²) in [5.41, 5.74) is -0.748. The van der Waals surface area contributed by atoms with Crippen molar-refractivity contribution in [1.29, 1.82) is 0 Å². The number of carboxylic acids is 2. The van der Waals surface area contributed by atoms with Crippen LogP contribution in [0.15, 0.2) is 29.2 Å². The Morgan fingerprint density at radius 3 is 2.14 bits per heavy atom. The Labute approximate surface area is 129 Å². The molecule has 1 atom stereocenters. The van der Waals surface area contributed by atoms with Gasteiger partial charge in [-0.1, -0.05) is 19.1 Å². The Bertz CT molecular complexity index is 652. The molecule has 0 saturated heterocycles. The molecule has 1 rings (SSSR count). The second-order valence-corrected chi connectivity index (χ2v) is 7.03. The van der Waals surface area contributed by atoms with Gasteiger partial charge in [-0.15, -0.1) is 0 Å². The first-order valence-corrected chi connectivity index (χ1v) is 8.13. The SMILES string of the molecule is CCc1ccc(S(=O)(=O)NCC(C)(CC(=O)O)C(=O)O)cc1. The fraction of sp³-hybridized carbons (Fsp3) is 0.429. The monoisotopic (exact) mass is 329 g/mol. The van der Waals surface area contributed by atoms with Crippen molar-refractivity contribution in [2.24, 2.45) is 5.41 Å². The van der Waals surface area contributed by atoms with Gasteiger partial charge in [0.25, 0.3) is 0 Å². The maximum Gasteiger partial charge on any atom is 0.311 e. The van der Waals surface area contributed by atoms with Gasteiger partial charge in [0, 0.05) is 6.54 Å². The Morgan fingerprint density at radius 1 is 1.18 bits per heavy atom. The van der Waals surface area contributed by atoms with E-state index in [-0.39, 0.29) is 4.90 Å². The number of hydrogen-bond donors (Lipinski definition) is 3. The molecular weight excluding hydrogens is 310 g/mol. The van der Waals surface area contributed by atoms with Crippen LogP contribution in [0, 0.1) is 5.41 Å². The second-order valence-electron chi connectivity index (χ2n) is 5.26. The lowest BCUT2D eigenvalue weighted by molar-refractivity contribution is -0.154. The van der Waals surface area contributed by atoms with Crippen LogP contribution in [0.2, 0.25) is 0 Å². The van der Waals surface area contributed by atoms with E-state index in [9.17, 15) is 18.0 Å². The molecule has 0 aliphatic carbocycles. The molecule has 7 nitrogen and oxygen atoms in total. The molecule has 0 heterocycles. The fourth-order valence-corrected chi connectivity index (χ4v) is 2.96. The summed E-state index contributed by atoms with van der Waals surface area (Å²) < 4.78 is 26.4. The number of sulfonamides is 1. The summed E-state index contributed by atoms with van der Waals surface area (Å²) in [7, 11) is -3.89. The third-order valence-electron chi connectivity index (χ3n) is 3.35. The van der Waals surface area contributed by atoms with E-state index in [1.54, 1.807) is 12.1 Å². The van der Waals surface area contributed by atoms with E-state index >= 15 is 0 Å². The number of aryl methyl sites for hydroxylation is 1. The van der Waals surface area contributed by atoms with Gasteiger partial charge in [0.1, 0.15) is 0 Å². The van der Waals surface area contributed by atoms with Crippen LogP contribution in [-0.2, 0) is 26.0 Å². The van der Waals surface area contributed by atoms with Gasteiger partial charge in [-0.25, -0.2) is 13.1 Å². The highest BCUT2D eigenvalue weighted by molar-refractivity contribution is 7.89. The molecule has 0 spiro atoms. The lowest BCUT2D eigenvalue weighted by atomic mass is 9.87. The fourth-order valence-electron chi connectivity index (χ4n) is 1.79. The van der Waals surface area contributed by atoms with Crippen molar-refractivity contribution in [3.05, 3.63) is 29.8 Å². The molecular formula is C14H19NO6S. The number of carboxylic acid groups (broad SMARTS) is 2. The van der Waals surface area contributed by atoms with Crippen molar-refractivity contribution in [3.63, 3.8) is 0 Å². The van der Waals surface area contributed by atoms with Gasteiger partial charge in [0.2, 0.25) is 10.0 Å². The van der Waals surface area contributed by atoms with Crippen LogP contribution in [0.3, 0.4) is 0 Å². The Kier molecular flexibility index (Phi) is 5.67. The van der Waals surface area contributed by atoms with Gasteiger partial charge >= 0.3 is 11.9 Å². The first-order chi connectivity index (χ1) is 10.1. The van der Waals surface area contributed by atoms with E-state index in [0.29, 0.717) is 0 Å². The van der Waals surface area contributed by atoms with Gasteiger partial charge in [-0.05, 0) is 31.0 Å². The predicted octanol–water partition coefficient (Wildman–Crippen LogP) is 1.09. The van der Waals surface area contributed by atoms with E-state index < -0.39 is 40.3 Å². The molecule has 22 heavy (non-hydrogen) atoms. The first-order valence-electron chi connectivity index (χ1n) is 6.64. The molecule has 1 unspecified atom stereocenters. The minimum Gasteiger partial charge on any atom is -0.481 e. The van der Waals surface area contributed by atoms with Crippen LogP contribution >= 0.6 is 0 Å². The van der Waals surface area contributed by atoms with Crippen molar-refractivity contribution in [2.75, 3.05) is 6.54 Å². The molecule has 0 aromatic heterocycles. The van der Waals surface area contributed by atoms with Gasteiger partial charge in [0.05, 0.1) is 16.7 Å². The number of benzene rings is 1. The minimum atomic E-state index is -3.89. The Hall–Kier alpha value is -1.93. The lowest BCUT2D eigenvalue weighted by Gasteiger charge is -2.23. The normalized spacial score (nSPS) is 14.3. The smallest absolute Gasteiger partial charge is 0.311 e. The second kappa shape index (κ2) is 6.89. The Morgan fingerprint density at radius 2 is 1.73 bits per heavy atom. The average Bonchev–Trinajstić information content (AvgIpc) is 2.44. The number of nitrogens with one attached hydrogen (secondary N) is 1. The van der Waals surface area contributed by atoms with Gasteiger partial charge in [-0.2, -0.15) is 0 Å². The van der Waals surface area contributed by atoms with E-state index in [0.717, 1.165) is 12.0 Å². The van der Waals surface area contributed by atoms with Crippen LogP contribution in [0.25, 0.3) is 0 Å². The van der Waals surface area contributed by atoms with Gasteiger partial charge < -0.3 is 10.2 Å². The van der Waals surface area contributed by atoms with E-state index in [1.165, 1.54) is 19.1 Å². The first kappa shape index (κ1) is 18.1. The average molecular weight is 329 g/mol. The highest BCUT2D eigenvalue weighted by Crippen LogP contribution is 2.22. The van der Waals surface area contributed by atoms with Crippen molar-refractivity contribution in [2.45, 2.75) is 31.6 Å². The zero-order valence-electron chi connectivity index (χ0n) is 12.4. The number of rotatable bonds is 8. The summed E-state index contributed by atoms with van der Waals surface area (Å²) in [4.78, 5) is 21.9. The largest absolute Gasteiger partial charge is 0.481 e. The van der Waals surface area contributed by atoms with Crippen LogP contribution in [0.1, 0.15) is 25.8 Å². The number of aliphatic carboxylic acids is 2. The molecule has 8 heteroatoms. The topological polar surface area (TPSA) is 121 Å². The summed E-state index contributed by atoms with van der Waals surface area (Å²) in [6.07, 6.45) is 0.0864. The maximum atomic E-state index is 12.1. The molecule has 122 valence electrons. The number of carbonyl (C=O) groups is 2. The summed E-state index contributed by atoms with van der Waals surface area (Å²) in [5, 5.41) is 17.9. The van der Waals surface area contributed by atoms with Crippen molar-refractivity contribution in [1.82, 2.24) is 4.72 Å². The molecule has 0 radical (unpaired) electrons. The van der Waals surface area contributed by atoms with Crippen LogP contribution in [0.5, 0.6) is 0 Å². The lowest BCUT2D eigenvalue weighted by Crippen LogP contribution is -2.42. The highest BCUT2D eigenvalue weighted by Gasteiger charge is 2.37. The van der Waals surface area contributed by atoms with Gasteiger partial charge in [0.15, 0.2) is 0 Å². The summed E-state index contributed by atoms with van der Waals surface area (Å²) in [5.74, 6) is -2.68. The summed E-state index contributed by atoms with van der Waals surface area (Å²) >= 11 is 0.